The largest absolute Gasteiger partial charge is 0.493 e. The number of likely N-dealkylation sites (tertiary alicyclic amines) is 1. The third-order valence-electron chi connectivity index (χ3n) is 4.84. The molecule has 1 saturated heterocycles. The van der Waals surface area contributed by atoms with Crippen molar-refractivity contribution in [2.75, 3.05) is 34.3 Å². The molecular weight excluding hydrogens is 386 g/mol. The van der Waals surface area contributed by atoms with Crippen LogP contribution in [-0.2, 0) is 11.3 Å². The van der Waals surface area contributed by atoms with Crippen LogP contribution in [0.4, 0.5) is 8.78 Å². The Morgan fingerprint density at radius 2 is 2.03 bits per heavy atom. The summed E-state index contributed by atoms with van der Waals surface area (Å²) in [4.78, 5) is 20.2. The highest BCUT2D eigenvalue weighted by atomic mass is 19.3. The molecule has 0 unspecified atom stereocenters. The lowest BCUT2D eigenvalue weighted by atomic mass is 9.95. The molecule has 29 heavy (non-hydrogen) atoms. The fourth-order valence-corrected chi connectivity index (χ4v) is 3.33. The molecule has 1 aromatic carbocycles. The van der Waals surface area contributed by atoms with Crippen LogP contribution in [0.25, 0.3) is 11.4 Å². The zero-order valence-corrected chi connectivity index (χ0v) is 16.6. The van der Waals surface area contributed by atoms with E-state index in [1.807, 2.05) is 0 Å². The molecule has 1 aliphatic rings. The van der Waals surface area contributed by atoms with E-state index in [1.54, 1.807) is 25.1 Å². The maximum atomic E-state index is 12.5. The summed E-state index contributed by atoms with van der Waals surface area (Å²) < 4.78 is 39.8. The Morgan fingerprint density at radius 1 is 1.31 bits per heavy atom. The third-order valence-corrected chi connectivity index (χ3v) is 4.84. The molecule has 1 amide bonds. The normalized spacial score (nSPS) is 15.5. The van der Waals surface area contributed by atoms with E-state index < -0.39 is 6.61 Å². The summed E-state index contributed by atoms with van der Waals surface area (Å²) in [7, 11) is 4.91. The smallest absolute Gasteiger partial charge is 0.387 e. The van der Waals surface area contributed by atoms with Crippen molar-refractivity contribution in [2.45, 2.75) is 26.0 Å². The maximum absolute atomic E-state index is 12.5. The van der Waals surface area contributed by atoms with Gasteiger partial charge in [-0.25, -0.2) is 0 Å². The Balaban J connectivity index is 1.62. The molecule has 0 aliphatic carbocycles. The molecule has 8 nitrogen and oxygen atoms in total. The lowest BCUT2D eigenvalue weighted by Crippen LogP contribution is -2.39. The molecule has 0 spiro atoms. The number of rotatable bonds is 7. The van der Waals surface area contributed by atoms with Gasteiger partial charge in [-0.2, -0.15) is 13.8 Å². The molecule has 0 bridgehead atoms. The molecule has 1 aromatic heterocycles. The maximum Gasteiger partial charge on any atom is 0.387 e. The number of hydrogen-bond donors (Lipinski definition) is 0. The number of nitrogens with zero attached hydrogens (tertiary/aromatic N) is 4. The predicted octanol–water partition coefficient (Wildman–Crippen LogP) is 2.65. The molecule has 1 fully saturated rings. The monoisotopic (exact) mass is 410 g/mol. The first-order valence-corrected chi connectivity index (χ1v) is 9.26. The Labute approximate surface area is 167 Å². The van der Waals surface area contributed by atoms with Gasteiger partial charge in [0.2, 0.25) is 17.6 Å². The van der Waals surface area contributed by atoms with Crippen molar-refractivity contribution >= 4 is 5.91 Å². The molecule has 0 atom stereocenters. The van der Waals surface area contributed by atoms with Gasteiger partial charge < -0.3 is 18.9 Å². The lowest BCUT2D eigenvalue weighted by Gasteiger charge is -2.31. The summed E-state index contributed by atoms with van der Waals surface area (Å²) in [6, 6.07) is 4.46. The van der Waals surface area contributed by atoms with Crippen LogP contribution in [0.2, 0.25) is 0 Å². The van der Waals surface area contributed by atoms with Crippen LogP contribution in [0, 0.1) is 5.92 Å². The molecule has 0 saturated carbocycles. The summed E-state index contributed by atoms with van der Waals surface area (Å²) in [6.07, 6.45) is 1.58. The fourth-order valence-electron chi connectivity index (χ4n) is 3.33. The minimum Gasteiger partial charge on any atom is -0.493 e. The van der Waals surface area contributed by atoms with E-state index in [0.29, 0.717) is 23.8 Å². The molecule has 2 heterocycles. The van der Waals surface area contributed by atoms with Crippen LogP contribution in [-0.4, -0.2) is 66.8 Å². The number of piperidine rings is 1. The minimum absolute atomic E-state index is 0.0564. The van der Waals surface area contributed by atoms with Crippen molar-refractivity contribution in [3.8, 4) is 22.9 Å². The Morgan fingerprint density at radius 3 is 2.66 bits per heavy atom. The number of aromatic nitrogens is 2. The average molecular weight is 410 g/mol. The van der Waals surface area contributed by atoms with Crippen molar-refractivity contribution < 1.29 is 27.6 Å². The number of methoxy groups -OCH3 is 1. The topological polar surface area (TPSA) is 80.9 Å². The zero-order chi connectivity index (χ0) is 21.0. The van der Waals surface area contributed by atoms with Gasteiger partial charge in [0.05, 0.1) is 13.7 Å². The van der Waals surface area contributed by atoms with Crippen molar-refractivity contribution in [1.29, 1.82) is 0 Å². The van der Waals surface area contributed by atoms with Gasteiger partial charge in [0.1, 0.15) is 0 Å². The van der Waals surface area contributed by atoms with E-state index in [4.69, 9.17) is 9.26 Å². The van der Waals surface area contributed by atoms with Crippen molar-refractivity contribution in [2.24, 2.45) is 5.92 Å². The molecule has 0 radical (unpaired) electrons. The Hall–Kier alpha value is -2.75. The van der Waals surface area contributed by atoms with E-state index >= 15 is 0 Å². The number of hydrogen-bond acceptors (Lipinski definition) is 7. The number of halogens is 2. The lowest BCUT2D eigenvalue weighted by molar-refractivity contribution is -0.134. The minimum atomic E-state index is -2.94. The van der Waals surface area contributed by atoms with Gasteiger partial charge in [-0.3, -0.25) is 9.69 Å². The quantitative estimate of drug-likeness (QED) is 0.694. The van der Waals surface area contributed by atoms with Crippen molar-refractivity contribution in [3.63, 3.8) is 0 Å². The van der Waals surface area contributed by atoms with Crippen molar-refractivity contribution in [1.82, 2.24) is 19.9 Å². The molecule has 2 aromatic rings. The van der Waals surface area contributed by atoms with Crippen LogP contribution in [0.5, 0.6) is 11.5 Å². The number of benzene rings is 1. The highest BCUT2D eigenvalue weighted by molar-refractivity contribution is 5.78. The zero-order valence-electron chi connectivity index (χ0n) is 16.6. The molecule has 0 N–H and O–H groups in total. The van der Waals surface area contributed by atoms with Gasteiger partial charge in [-0.1, -0.05) is 5.16 Å². The van der Waals surface area contributed by atoms with Crippen LogP contribution < -0.4 is 9.47 Å². The second kappa shape index (κ2) is 9.17. The average Bonchev–Trinajstić information content (AvgIpc) is 3.16. The summed E-state index contributed by atoms with van der Waals surface area (Å²) in [5.74, 6) is 1.09. The Kier molecular flexibility index (Phi) is 6.63. The second-order valence-electron chi connectivity index (χ2n) is 7.04. The first-order chi connectivity index (χ1) is 13.9. The van der Waals surface area contributed by atoms with E-state index in [0.717, 1.165) is 25.9 Å². The van der Waals surface area contributed by atoms with Gasteiger partial charge in [-0.15, -0.1) is 0 Å². The van der Waals surface area contributed by atoms with Gasteiger partial charge in [0, 0.05) is 25.6 Å². The summed E-state index contributed by atoms with van der Waals surface area (Å²) >= 11 is 0. The highest BCUT2D eigenvalue weighted by Gasteiger charge is 2.27. The summed E-state index contributed by atoms with van der Waals surface area (Å²) in [5, 5.41) is 3.97. The number of ether oxygens (including phenoxy) is 2. The molecular formula is C19H24F2N4O4. The molecule has 1 aliphatic heterocycles. The van der Waals surface area contributed by atoms with Gasteiger partial charge >= 0.3 is 6.61 Å². The van der Waals surface area contributed by atoms with Crippen LogP contribution in [0.3, 0.4) is 0 Å². The van der Waals surface area contributed by atoms with Crippen LogP contribution in [0.1, 0.15) is 18.7 Å². The van der Waals surface area contributed by atoms with Crippen molar-refractivity contribution in [3.05, 3.63) is 24.1 Å². The molecule has 10 heteroatoms. The standard InChI is InChI=1S/C19H24F2N4O4/c1-24(2)18(26)12-6-8-25(9-7-12)11-16-22-17(23-29-16)13-4-5-14(28-19(20)21)15(10-13)27-3/h4-5,10,12,19H,6-9,11H2,1-3H3. The van der Waals surface area contributed by atoms with E-state index in [-0.39, 0.29) is 23.3 Å². The van der Waals surface area contributed by atoms with Crippen LogP contribution in [0.15, 0.2) is 22.7 Å². The number of carbonyl (C=O) groups excluding carboxylic acids is 1. The Bertz CT molecular complexity index is 835. The highest BCUT2D eigenvalue weighted by Crippen LogP contribution is 2.32. The van der Waals surface area contributed by atoms with E-state index in [1.165, 1.54) is 19.2 Å². The second-order valence-corrected chi connectivity index (χ2v) is 7.04. The first kappa shape index (κ1) is 21.0. The predicted molar refractivity (Wildman–Crippen MR) is 99.6 cm³/mol. The van der Waals surface area contributed by atoms with Crippen LogP contribution >= 0.6 is 0 Å². The first-order valence-electron chi connectivity index (χ1n) is 9.26. The SMILES string of the molecule is COc1cc(-c2noc(CN3CCC(C(=O)N(C)C)CC3)n2)ccc1OC(F)F. The summed E-state index contributed by atoms with van der Waals surface area (Å²) in [6.45, 7) is -0.909. The summed E-state index contributed by atoms with van der Waals surface area (Å²) in [5.41, 5.74) is 0.564. The van der Waals surface area contributed by atoms with Gasteiger partial charge in [-0.05, 0) is 44.1 Å². The van der Waals surface area contributed by atoms with E-state index in [9.17, 15) is 13.6 Å². The third kappa shape index (κ3) is 5.20. The van der Waals surface area contributed by atoms with E-state index in [2.05, 4.69) is 19.8 Å². The molecule has 158 valence electrons. The number of carbonyl (C=O) groups is 1. The van der Waals surface area contributed by atoms with Gasteiger partial charge in [0.25, 0.3) is 0 Å². The molecule has 3 rings (SSSR count). The van der Waals surface area contributed by atoms with Gasteiger partial charge in [0.15, 0.2) is 11.5 Å². The fraction of sp³-hybridized carbons (Fsp3) is 0.526. The number of amides is 1. The number of alkyl halides is 2.